The van der Waals surface area contributed by atoms with Gasteiger partial charge >= 0.3 is 0 Å². The molecule has 1 atom stereocenters. The fourth-order valence-corrected chi connectivity index (χ4v) is 1.97. The van der Waals surface area contributed by atoms with Crippen molar-refractivity contribution in [3.8, 4) is 0 Å². The summed E-state index contributed by atoms with van der Waals surface area (Å²) in [6.07, 6.45) is 2.13. The van der Waals surface area contributed by atoms with Crippen LogP contribution in [0.2, 0.25) is 5.02 Å². The molecular weight excluding hydrogens is 282 g/mol. The molecule has 20 heavy (non-hydrogen) atoms. The lowest BCUT2D eigenvalue weighted by atomic mass is 10.1. The Labute approximate surface area is 121 Å². The standard InChI is InChI=1S/C13H16ClN3O3/c1-8-11(14)12(17-16-8)13(19)15-6-9(7-18)5-10-3-2-4-20-10/h2-4,9,18H,5-7H2,1H3,(H,15,19)(H,16,17)/t9-/m1/s1. The van der Waals surface area contributed by atoms with E-state index in [1.165, 1.54) is 0 Å². The summed E-state index contributed by atoms with van der Waals surface area (Å²) in [7, 11) is 0. The molecule has 0 aromatic carbocycles. The van der Waals surface area contributed by atoms with E-state index in [2.05, 4.69) is 15.5 Å². The largest absolute Gasteiger partial charge is 0.469 e. The molecule has 2 rings (SSSR count). The highest BCUT2D eigenvalue weighted by atomic mass is 35.5. The van der Waals surface area contributed by atoms with Gasteiger partial charge in [-0.05, 0) is 19.1 Å². The van der Waals surface area contributed by atoms with E-state index in [0.29, 0.717) is 23.7 Å². The SMILES string of the molecule is Cc1[nH]nc(C(=O)NC[C@H](CO)Cc2ccco2)c1Cl. The summed E-state index contributed by atoms with van der Waals surface area (Å²) in [6, 6.07) is 3.62. The Kier molecular flexibility index (Phi) is 4.81. The third-order valence-electron chi connectivity index (χ3n) is 2.97. The summed E-state index contributed by atoms with van der Waals surface area (Å²) in [5.74, 6) is 0.285. The zero-order valence-electron chi connectivity index (χ0n) is 11.0. The maximum Gasteiger partial charge on any atom is 0.273 e. The second kappa shape index (κ2) is 6.58. The molecule has 0 aliphatic heterocycles. The number of amides is 1. The van der Waals surface area contributed by atoms with Gasteiger partial charge in [-0.2, -0.15) is 5.10 Å². The van der Waals surface area contributed by atoms with Crippen molar-refractivity contribution in [1.82, 2.24) is 15.5 Å². The maximum absolute atomic E-state index is 11.9. The summed E-state index contributed by atoms with van der Waals surface area (Å²) < 4.78 is 5.22. The highest BCUT2D eigenvalue weighted by molar-refractivity contribution is 6.34. The van der Waals surface area contributed by atoms with Crippen LogP contribution in [0, 0.1) is 12.8 Å². The van der Waals surface area contributed by atoms with Gasteiger partial charge in [-0.1, -0.05) is 11.6 Å². The second-order valence-electron chi connectivity index (χ2n) is 4.55. The van der Waals surface area contributed by atoms with Crippen molar-refractivity contribution >= 4 is 17.5 Å². The molecule has 0 unspecified atom stereocenters. The molecule has 108 valence electrons. The van der Waals surface area contributed by atoms with Gasteiger partial charge < -0.3 is 14.8 Å². The molecule has 0 radical (unpaired) electrons. The van der Waals surface area contributed by atoms with E-state index in [1.54, 1.807) is 19.3 Å². The molecule has 0 saturated carbocycles. The van der Waals surface area contributed by atoms with Crippen LogP contribution in [0.4, 0.5) is 0 Å². The number of aliphatic hydroxyl groups excluding tert-OH is 1. The molecule has 2 heterocycles. The van der Waals surface area contributed by atoms with Crippen LogP contribution in [-0.4, -0.2) is 34.4 Å². The number of hydrogen-bond acceptors (Lipinski definition) is 4. The number of aromatic nitrogens is 2. The first-order valence-electron chi connectivity index (χ1n) is 6.23. The van der Waals surface area contributed by atoms with Crippen molar-refractivity contribution in [2.75, 3.05) is 13.2 Å². The van der Waals surface area contributed by atoms with Crippen LogP contribution in [0.3, 0.4) is 0 Å². The van der Waals surface area contributed by atoms with Gasteiger partial charge in [0.05, 0.1) is 17.0 Å². The fraction of sp³-hybridized carbons (Fsp3) is 0.385. The monoisotopic (exact) mass is 297 g/mol. The van der Waals surface area contributed by atoms with Gasteiger partial charge in [0.15, 0.2) is 5.69 Å². The van der Waals surface area contributed by atoms with Crippen molar-refractivity contribution in [2.24, 2.45) is 5.92 Å². The highest BCUT2D eigenvalue weighted by Crippen LogP contribution is 2.17. The number of aromatic amines is 1. The molecule has 0 spiro atoms. The Bertz CT molecular complexity index is 565. The number of halogens is 1. The van der Waals surface area contributed by atoms with E-state index in [-0.39, 0.29) is 24.1 Å². The minimum atomic E-state index is -0.364. The molecule has 0 aliphatic rings. The van der Waals surface area contributed by atoms with Gasteiger partial charge in [0, 0.05) is 25.5 Å². The van der Waals surface area contributed by atoms with Crippen LogP contribution >= 0.6 is 11.6 Å². The van der Waals surface area contributed by atoms with E-state index in [9.17, 15) is 9.90 Å². The summed E-state index contributed by atoms with van der Waals surface area (Å²) >= 11 is 5.95. The molecule has 0 saturated heterocycles. The van der Waals surface area contributed by atoms with Gasteiger partial charge in [-0.3, -0.25) is 9.89 Å². The number of furan rings is 1. The molecule has 0 bridgehead atoms. The van der Waals surface area contributed by atoms with Gasteiger partial charge in [0.25, 0.3) is 5.91 Å². The first kappa shape index (κ1) is 14.6. The Hall–Kier alpha value is -1.79. The Morgan fingerprint density at radius 2 is 2.45 bits per heavy atom. The predicted octanol–water partition coefficient (Wildman–Crippen LogP) is 1.55. The van der Waals surface area contributed by atoms with Gasteiger partial charge in [0.1, 0.15) is 5.76 Å². The molecular formula is C13H16ClN3O3. The second-order valence-corrected chi connectivity index (χ2v) is 4.93. The van der Waals surface area contributed by atoms with Crippen LogP contribution in [0.1, 0.15) is 21.9 Å². The van der Waals surface area contributed by atoms with Crippen LogP contribution < -0.4 is 5.32 Å². The molecule has 2 aromatic rings. The first-order chi connectivity index (χ1) is 9.61. The van der Waals surface area contributed by atoms with Crippen molar-refractivity contribution in [1.29, 1.82) is 0 Å². The number of H-pyrrole nitrogens is 1. The maximum atomic E-state index is 11.9. The first-order valence-corrected chi connectivity index (χ1v) is 6.61. The lowest BCUT2D eigenvalue weighted by Gasteiger charge is -2.13. The third-order valence-corrected chi connectivity index (χ3v) is 3.43. The zero-order chi connectivity index (χ0) is 14.5. The number of rotatable bonds is 6. The fourth-order valence-electron chi connectivity index (χ4n) is 1.80. The van der Waals surface area contributed by atoms with Crippen LogP contribution in [-0.2, 0) is 6.42 Å². The minimum absolute atomic E-state index is 0.0473. The number of carbonyl (C=O) groups is 1. The zero-order valence-corrected chi connectivity index (χ0v) is 11.8. The van der Waals surface area contributed by atoms with E-state index in [4.69, 9.17) is 16.0 Å². The van der Waals surface area contributed by atoms with Gasteiger partial charge in [0.2, 0.25) is 0 Å². The smallest absolute Gasteiger partial charge is 0.273 e. The topological polar surface area (TPSA) is 91.2 Å². The number of aryl methyl sites for hydroxylation is 1. The number of hydrogen-bond donors (Lipinski definition) is 3. The summed E-state index contributed by atoms with van der Waals surface area (Å²) in [6.45, 7) is 2.01. The normalized spacial score (nSPS) is 12.3. The van der Waals surface area contributed by atoms with Crippen LogP contribution in [0.5, 0.6) is 0 Å². The number of nitrogens with one attached hydrogen (secondary N) is 2. The highest BCUT2D eigenvalue weighted by Gasteiger charge is 2.18. The van der Waals surface area contributed by atoms with Crippen molar-refractivity contribution in [3.63, 3.8) is 0 Å². The molecule has 0 aliphatic carbocycles. The quantitative estimate of drug-likeness (QED) is 0.754. The Balaban J connectivity index is 1.90. The van der Waals surface area contributed by atoms with Gasteiger partial charge in [-0.25, -0.2) is 0 Å². The molecule has 1 amide bonds. The van der Waals surface area contributed by atoms with Crippen LogP contribution in [0.15, 0.2) is 22.8 Å². The number of aliphatic hydroxyl groups is 1. The Morgan fingerprint density at radius 3 is 3.00 bits per heavy atom. The van der Waals surface area contributed by atoms with Crippen LogP contribution in [0.25, 0.3) is 0 Å². The van der Waals surface area contributed by atoms with Crippen molar-refractivity contribution in [2.45, 2.75) is 13.3 Å². The van der Waals surface area contributed by atoms with Crippen molar-refractivity contribution in [3.05, 3.63) is 40.6 Å². The number of nitrogens with zero attached hydrogens (tertiary/aromatic N) is 1. The molecule has 2 aromatic heterocycles. The molecule has 0 fully saturated rings. The summed E-state index contributed by atoms with van der Waals surface area (Å²) in [5, 5.41) is 18.8. The van der Waals surface area contributed by atoms with Gasteiger partial charge in [-0.15, -0.1) is 0 Å². The number of carbonyl (C=O) groups excluding carboxylic acids is 1. The average molecular weight is 298 g/mol. The van der Waals surface area contributed by atoms with E-state index in [1.807, 2.05) is 6.07 Å². The lowest BCUT2D eigenvalue weighted by Crippen LogP contribution is -2.32. The van der Waals surface area contributed by atoms with Crippen molar-refractivity contribution < 1.29 is 14.3 Å². The molecule has 6 nitrogen and oxygen atoms in total. The lowest BCUT2D eigenvalue weighted by molar-refractivity contribution is 0.0934. The Morgan fingerprint density at radius 1 is 1.65 bits per heavy atom. The minimum Gasteiger partial charge on any atom is -0.469 e. The predicted molar refractivity (Wildman–Crippen MR) is 73.7 cm³/mol. The van der Waals surface area contributed by atoms with E-state index in [0.717, 1.165) is 5.76 Å². The summed E-state index contributed by atoms with van der Waals surface area (Å²) in [4.78, 5) is 11.9. The van der Waals surface area contributed by atoms with E-state index >= 15 is 0 Å². The van der Waals surface area contributed by atoms with E-state index < -0.39 is 0 Å². The summed E-state index contributed by atoms with van der Waals surface area (Å²) in [5.41, 5.74) is 0.810. The molecule has 3 N–H and O–H groups in total. The molecule has 7 heteroatoms. The average Bonchev–Trinajstić information content (AvgIpc) is 3.06. The third kappa shape index (κ3) is 3.40.